The van der Waals surface area contributed by atoms with Crippen LogP contribution in [0.4, 0.5) is 0 Å². The highest BCUT2D eigenvalue weighted by Gasteiger charge is 2.27. The Bertz CT molecular complexity index is 1790. The third-order valence-electron chi connectivity index (χ3n) is 19.9. The summed E-state index contributed by atoms with van der Waals surface area (Å²) in [6.45, 7) is 4.41. The second-order valence-electron chi connectivity index (χ2n) is 30.9. The molecule has 0 heterocycles. The molecule has 0 rings (SSSR count). The summed E-state index contributed by atoms with van der Waals surface area (Å²) in [7, 11) is 1.51. The summed E-state index contributed by atoms with van der Waals surface area (Å²) in [6, 6.07) is 0. The summed E-state index contributed by atoms with van der Waals surface area (Å²) in [5.41, 5.74) is 0. The second-order valence-corrected chi connectivity index (χ2v) is 32.4. The molecule has 578 valence electrons. The first-order valence-corrected chi connectivity index (χ1v) is 44.9. The van der Waals surface area contributed by atoms with E-state index in [-0.39, 0.29) is 25.6 Å². The fraction of sp³-hybridized carbons (Fsp3) is 0.886. The van der Waals surface area contributed by atoms with Gasteiger partial charge in [-0.15, -0.1) is 0 Å². The van der Waals surface area contributed by atoms with Crippen molar-refractivity contribution in [1.82, 2.24) is 0 Å². The molecule has 0 amide bonds. The van der Waals surface area contributed by atoms with E-state index in [9.17, 15) is 19.0 Å². The van der Waals surface area contributed by atoms with Crippen molar-refractivity contribution in [2.45, 2.75) is 457 Å². The fourth-order valence-electron chi connectivity index (χ4n) is 13.3. The zero-order valence-electron chi connectivity index (χ0n) is 66.3. The Morgan fingerprint density at radius 1 is 0.327 bits per heavy atom. The van der Waals surface area contributed by atoms with Crippen molar-refractivity contribution in [3.05, 3.63) is 48.6 Å². The molecule has 0 bridgehead atoms. The maximum atomic E-state index is 12.9. The van der Waals surface area contributed by atoms with Crippen LogP contribution in [-0.4, -0.2) is 74.9 Å². The Morgan fingerprint density at radius 2 is 0.582 bits per heavy atom. The third kappa shape index (κ3) is 82.9. The number of phosphoric acid groups is 1. The molecule has 0 saturated carbocycles. The number of nitrogens with zero attached hydrogens (tertiary/aromatic N) is 1. The summed E-state index contributed by atoms with van der Waals surface area (Å²) >= 11 is 0. The van der Waals surface area contributed by atoms with E-state index in [1.54, 1.807) is 0 Å². The summed E-state index contributed by atoms with van der Waals surface area (Å²) in [5.74, 6) is -0.768. The van der Waals surface area contributed by atoms with Gasteiger partial charge < -0.3 is 18.9 Å². The molecule has 0 radical (unpaired) electrons. The molecule has 0 aromatic heterocycles. The van der Waals surface area contributed by atoms with E-state index in [1.165, 1.54) is 360 Å². The van der Waals surface area contributed by atoms with Gasteiger partial charge in [0.25, 0.3) is 0 Å². The van der Waals surface area contributed by atoms with E-state index in [0.29, 0.717) is 23.9 Å². The normalized spacial score (nSPS) is 13.2. The summed E-state index contributed by atoms with van der Waals surface area (Å²) < 4.78 is 34.9. The van der Waals surface area contributed by atoms with Crippen molar-refractivity contribution in [3.63, 3.8) is 0 Å². The number of esters is 2. The van der Waals surface area contributed by atoms with E-state index in [1.807, 2.05) is 21.1 Å². The van der Waals surface area contributed by atoms with E-state index >= 15 is 0 Å². The maximum absolute atomic E-state index is 12.9. The molecule has 9 nitrogen and oxygen atoms in total. The van der Waals surface area contributed by atoms with Crippen LogP contribution in [0.3, 0.4) is 0 Å². The SMILES string of the molecule is CC/C=C\C/C=C\C/C=C\C/C=C\CCCCCCCCCCCCCCCCCCCCCCCCCCCCC(=O)OC(COC(=O)CCCCCCCCCCCCCCCCCCCCCCCCCCCCCCCCCCCCC)COP(=O)(O)OCC[N+](C)(C)C. The minimum Gasteiger partial charge on any atom is -0.462 e. The minimum absolute atomic E-state index is 0.0357. The van der Waals surface area contributed by atoms with Gasteiger partial charge in [0.05, 0.1) is 27.7 Å². The zero-order chi connectivity index (χ0) is 71.1. The standard InChI is InChI=1S/C88H168NO8P/c1-6-8-10-12-14-16-18-20-22-24-26-28-30-32-34-36-38-40-42-43-44-45-47-49-51-53-55-57-59-61-63-65-67-69-71-73-75-77-79-81-88(91)97-86(85-96-98(92,93)95-83-82-89(3,4)5)84-94-87(90)80-78-76-74-72-70-68-66-64-62-60-58-56-54-52-50-48-46-41-39-37-35-33-31-29-27-25-23-21-19-17-15-13-11-9-7-2/h8,10,14,16,20,22,26,28,86H,6-7,9,11-13,15,17-19,21,23-25,27,29-85H2,1-5H3/p+1/b10-8-,16-14-,22-20-,28-26-. The minimum atomic E-state index is -4.39. The number of carbonyl (C=O) groups is 2. The molecule has 98 heavy (non-hydrogen) atoms. The second kappa shape index (κ2) is 79.1. The van der Waals surface area contributed by atoms with Crippen LogP contribution in [0.5, 0.6) is 0 Å². The third-order valence-corrected chi connectivity index (χ3v) is 20.9. The first-order valence-electron chi connectivity index (χ1n) is 43.4. The predicted octanol–water partition coefficient (Wildman–Crippen LogP) is 29.1. The Labute approximate surface area is 611 Å². The van der Waals surface area contributed by atoms with Crippen LogP contribution in [0, 0.1) is 0 Å². The van der Waals surface area contributed by atoms with Crippen LogP contribution in [0.25, 0.3) is 0 Å². The van der Waals surface area contributed by atoms with Gasteiger partial charge in [-0.1, -0.05) is 435 Å². The number of phosphoric ester groups is 1. The topological polar surface area (TPSA) is 108 Å². The van der Waals surface area contributed by atoms with Crippen molar-refractivity contribution in [1.29, 1.82) is 0 Å². The summed E-state index contributed by atoms with van der Waals surface area (Å²) in [4.78, 5) is 36.0. The number of quaternary nitrogens is 1. The van der Waals surface area contributed by atoms with E-state index in [0.717, 1.165) is 57.8 Å². The lowest BCUT2D eigenvalue weighted by molar-refractivity contribution is -0.870. The first-order chi connectivity index (χ1) is 48.0. The number of unbranched alkanes of at least 4 members (excludes halogenated alkanes) is 60. The molecule has 0 aliphatic carbocycles. The molecule has 0 aromatic rings. The van der Waals surface area contributed by atoms with E-state index < -0.39 is 26.5 Å². The van der Waals surface area contributed by atoms with Crippen LogP contribution in [0.15, 0.2) is 48.6 Å². The first kappa shape index (κ1) is 96.0. The molecule has 0 saturated heterocycles. The van der Waals surface area contributed by atoms with Gasteiger partial charge in [0.15, 0.2) is 6.10 Å². The Morgan fingerprint density at radius 3 is 0.867 bits per heavy atom. The van der Waals surface area contributed by atoms with Gasteiger partial charge in [0.1, 0.15) is 19.8 Å². The summed E-state index contributed by atoms with van der Waals surface area (Å²) in [5, 5.41) is 0. The summed E-state index contributed by atoms with van der Waals surface area (Å²) in [6.07, 6.45) is 106. The lowest BCUT2D eigenvalue weighted by Gasteiger charge is -2.24. The zero-order valence-corrected chi connectivity index (χ0v) is 67.2. The highest BCUT2D eigenvalue weighted by molar-refractivity contribution is 7.47. The van der Waals surface area contributed by atoms with Gasteiger partial charge in [-0.2, -0.15) is 0 Å². The van der Waals surface area contributed by atoms with Crippen LogP contribution in [0.2, 0.25) is 0 Å². The lowest BCUT2D eigenvalue weighted by Crippen LogP contribution is -2.37. The Hall–Kier alpha value is -2.03. The van der Waals surface area contributed by atoms with Gasteiger partial charge in [0, 0.05) is 12.8 Å². The number of allylic oxidation sites excluding steroid dienone is 8. The van der Waals surface area contributed by atoms with Crippen molar-refractivity contribution in [2.24, 2.45) is 0 Å². The van der Waals surface area contributed by atoms with E-state index in [4.69, 9.17) is 18.5 Å². The molecule has 0 aliphatic rings. The molecule has 0 spiro atoms. The Balaban J connectivity index is 3.85. The average Bonchev–Trinajstić information content (AvgIpc) is 1.23. The molecule has 0 aromatic carbocycles. The van der Waals surface area contributed by atoms with Crippen molar-refractivity contribution >= 4 is 19.8 Å². The van der Waals surface area contributed by atoms with Gasteiger partial charge in [-0.3, -0.25) is 18.6 Å². The molecule has 0 fully saturated rings. The monoisotopic (exact) mass is 1400 g/mol. The van der Waals surface area contributed by atoms with Crippen molar-refractivity contribution in [2.75, 3.05) is 47.5 Å². The fourth-order valence-corrected chi connectivity index (χ4v) is 14.1. The Kier molecular flexibility index (Phi) is 77.5. The number of rotatable bonds is 82. The number of likely N-dealkylation sites (N-methyl/N-ethyl adjacent to an activating group) is 1. The molecular weight excluding hydrogens is 1230 g/mol. The number of carbonyl (C=O) groups excluding carboxylic acids is 2. The van der Waals surface area contributed by atoms with Gasteiger partial charge in [-0.05, 0) is 51.4 Å². The van der Waals surface area contributed by atoms with Crippen LogP contribution >= 0.6 is 7.82 Å². The highest BCUT2D eigenvalue weighted by Crippen LogP contribution is 2.43. The van der Waals surface area contributed by atoms with Gasteiger partial charge >= 0.3 is 19.8 Å². The smallest absolute Gasteiger partial charge is 0.462 e. The van der Waals surface area contributed by atoms with E-state index in [2.05, 4.69) is 62.5 Å². The van der Waals surface area contributed by atoms with Gasteiger partial charge in [0.2, 0.25) is 0 Å². The highest BCUT2D eigenvalue weighted by atomic mass is 31.2. The molecule has 10 heteroatoms. The van der Waals surface area contributed by atoms with Crippen LogP contribution < -0.4 is 0 Å². The van der Waals surface area contributed by atoms with Gasteiger partial charge in [-0.25, -0.2) is 4.57 Å². The molecular formula is C88H169NO8P+. The lowest BCUT2D eigenvalue weighted by atomic mass is 10.0. The van der Waals surface area contributed by atoms with Crippen LogP contribution in [0.1, 0.15) is 450 Å². The number of hydrogen-bond acceptors (Lipinski definition) is 7. The average molecular weight is 1400 g/mol. The number of ether oxygens (including phenoxy) is 2. The molecule has 0 aliphatic heterocycles. The molecule has 1 N–H and O–H groups in total. The van der Waals surface area contributed by atoms with Crippen molar-refractivity contribution < 1.29 is 42.1 Å². The van der Waals surface area contributed by atoms with Crippen molar-refractivity contribution in [3.8, 4) is 0 Å². The number of hydrogen-bond donors (Lipinski definition) is 1. The van der Waals surface area contributed by atoms with Crippen LogP contribution in [-0.2, 0) is 32.7 Å². The largest absolute Gasteiger partial charge is 0.472 e. The maximum Gasteiger partial charge on any atom is 0.472 e. The molecule has 2 unspecified atom stereocenters. The quantitative estimate of drug-likeness (QED) is 0.0211. The molecule has 2 atom stereocenters. The predicted molar refractivity (Wildman–Crippen MR) is 427 cm³/mol.